The van der Waals surface area contributed by atoms with E-state index in [9.17, 15) is 21.6 Å². The number of hydrogen-bond donors (Lipinski definition) is 1. The van der Waals surface area contributed by atoms with Gasteiger partial charge in [0.05, 0.1) is 9.90 Å². The zero-order valence-electron chi connectivity index (χ0n) is 10.6. The van der Waals surface area contributed by atoms with Gasteiger partial charge in [-0.3, -0.25) is 0 Å². The minimum atomic E-state index is -4.43. The van der Waals surface area contributed by atoms with Gasteiger partial charge in [0.15, 0.2) is 0 Å². The molecule has 1 N–H and O–H groups in total. The normalized spacial score (nSPS) is 12.6. The van der Waals surface area contributed by atoms with Crippen molar-refractivity contribution in [3.05, 3.63) is 50.1 Å². The highest BCUT2D eigenvalue weighted by Gasteiger charge is 2.30. The van der Waals surface area contributed by atoms with Crippen LogP contribution in [0.1, 0.15) is 11.1 Å². The standard InChI is InChI=1S/C12H8Cl2F3NO2S2/c13-10-5-9(11(14)21-10)22(19,20)18-6-7-1-3-8(4-2-7)12(15,16)17/h1-5,18H,6H2. The first-order valence-corrected chi connectivity index (χ1v) is 8.76. The maximum absolute atomic E-state index is 12.4. The number of rotatable bonds is 4. The summed E-state index contributed by atoms with van der Waals surface area (Å²) in [6.45, 7) is -0.162. The summed E-state index contributed by atoms with van der Waals surface area (Å²) in [5.41, 5.74) is -0.416. The van der Waals surface area contributed by atoms with E-state index in [2.05, 4.69) is 4.72 Å². The minimum Gasteiger partial charge on any atom is -0.207 e. The summed E-state index contributed by atoms with van der Waals surface area (Å²) in [5.74, 6) is 0. The third-order valence-corrected chi connectivity index (χ3v) is 5.82. The van der Waals surface area contributed by atoms with E-state index in [1.165, 1.54) is 18.2 Å². The summed E-state index contributed by atoms with van der Waals surface area (Å²) in [6.07, 6.45) is -4.43. The summed E-state index contributed by atoms with van der Waals surface area (Å²) in [7, 11) is -3.89. The van der Waals surface area contributed by atoms with Crippen LogP contribution in [0.4, 0.5) is 13.2 Å². The van der Waals surface area contributed by atoms with Crippen molar-refractivity contribution in [2.24, 2.45) is 0 Å². The number of alkyl halides is 3. The molecule has 0 atom stereocenters. The van der Waals surface area contributed by atoms with Gasteiger partial charge >= 0.3 is 6.18 Å². The van der Waals surface area contributed by atoms with Crippen LogP contribution in [-0.4, -0.2) is 8.42 Å². The number of thiophene rings is 1. The summed E-state index contributed by atoms with van der Waals surface area (Å²) in [4.78, 5) is -0.156. The first-order valence-electron chi connectivity index (χ1n) is 5.70. The Kier molecular flexibility index (Phi) is 5.08. The highest BCUT2D eigenvalue weighted by Crippen LogP contribution is 2.34. The van der Waals surface area contributed by atoms with Gasteiger partial charge in [-0.2, -0.15) is 13.2 Å². The molecule has 2 rings (SSSR count). The van der Waals surface area contributed by atoms with Gasteiger partial charge in [0.1, 0.15) is 9.23 Å². The Balaban J connectivity index is 2.11. The van der Waals surface area contributed by atoms with Crippen molar-refractivity contribution in [3.63, 3.8) is 0 Å². The van der Waals surface area contributed by atoms with Gasteiger partial charge in [-0.05, 0) is 23.8 Å². The van der Waals surface area contributed by atoms with Crippen LogP contribution in [0.5, 0.6) is 0 Å². The Bertz CT molecular complexity index is 771. The van der Waals surface area contributed by atoms with E-state index in [-0.39, 0.29) is 20.1 Å². The molecule has 3 nitrogen and oxygen atoms in total. The lowest BCUT2D eigenvalue weighted by molar-refractivity contribution is -0.137. The highest BCUT2D eigenvalue weighted by molar-refractivity contribution is 7.89. The van der Waals surface area contributed by atoms with Gasteiger partial charge in [0.2, 0.25) is 10.0 Å². The van der Waals surface area contributed by atoms with Crippen LogP contribution < -0.4 is 4.72 Å². The van der Waals surface area contributed by atoms with E-state index in [4.69, 9.17) is 23.2 Å². The Morgan fingerprint density at radius 3 is 2.18 bits per heavy atom. The molecular weight excluding hydrogens is 382 g/mol. The number of benzene rings is 1. The second-order valence-electron chi connectivity index (χ2n) is 4.21. The summed E-state index contributed by atoms with van der Waals surface area (Å²) < 4.78 is 63.9. The fourth-order valence-electron chi connectivity index (χ4n) is 1.58. The fourth-order valence-corrected chi connectivity index (χ4v) is 4.74. The van der Waals surface area contributed by atoms with Crippen molar-refractivity contribution in [2.45, 2.75) is 17.6 Å². The monoisotopic (exact) mass is 389 g/mol. The molecule has 0 bridgehead atoms. The van der Waals surface area contributed by atoms with Crippen LogP contribution in [-0.2, 0) is 22.7 Å². The molecule has 0 aliphatic carbocycles. The van der Waals surface area contributed by atoms with E-state index in [0.29, 0.717) is 5.56 Å². The summed E-state index contributed by atoms with van der Waals surface area (Å²) in [6, 6.07) is 5.39. The number of halogens is 5. The van der Waals surface area contributed by atoms with Gasteiger partial charge in [-0.15, -0.1) is 11.3 Å². The molecule has 0 saturated carbocycles. The highest BCUT2D eigenvalue weighted by atomic mass is 35.5. The maximum Gasteiger partial charge on any atom is 0.416 e. The molecule has 120 valence electrons. The van der Waals surface area contributed by atoms with Crippen LogP contribution in [0.3, 0.4) is 0 Å². The molecule has 10 heteroatoms. The zero-order chi connectivity index (χ0) is 16.5. The number of nitrogens with one attached hydrogen (secondary N) is 1. The molecular formula is C12H8Cl2F3NO2S2. The van der Waals surface area contributed by atoms with E-state index in [0.717, 1.165) is 23.5 Å². The summed E-state index contributed by atoms with van der Waals surface area (Å²) >= 11 is 12.4. The van der Waals surface area contributed by atoms with Gasteiger partial charge in [-0.1, -0.05) is 35.3 Å². The van der Waals surface area contributed by atoms with Crippen molar-refractivity contribution in [1.82, 2.24) is 4.72 Å². The number of hydrogen-bond acceptors (Lipinski definition) is 3. The topological polar surface area (TPSA) is 46.2 Å². The van der Waals surface area contributed by atoms with E-state index < -0.39 is 21.8 Å². The molecule has 0 fully saturated rings. The third-order valence-electron chi connectivity index (χ3n) is 2.66. The molecule has 0 unspecified atom stereocenters. The fraction of sp³-hybridized carbons (Fsp3) is 0.167. The minimum absolute atomic E-state index is 0.0184. The largest absolute Gasteiger partial charge is 0.416 e. The van der Waals surface area contributed by atoms with Crippen LogP contribution in [0, 0.1) is 0 Å². The smallest absolute Gasteiger partial charge is 0.207 e. The average Bonchev–Trinajstić information content (AvgIpc) is 2.76. The second-order valence-corrected chi connectivity index (χ2v) is 8.23. The molecule has 1 aromatic carbocycles. The van der Waals surface area contributed by atoms with Crippen LogP contribution in [0.25, 0.3) is 0 Å². The molecule has 0 aliphatic heterocycles. The molecule has 0 amide bonds. The first-order chi connectivity index (χ1) is 10.1. The average molecular weight is 390 g/mol. The second kappa shape index (κ2) is 6.37. The molecule has 22 heavy (non-hydrogen) atoms. The third kappa shape index (κ3) is 4.14. The summed E-state index contributed by atoms with van der Waals surface area (Å²) in [5, 5.41) is 0. The van der Waals surface area contributed by atoms with Crippen molar-refractivity contribution in [1.29, 1.82) is 0 Å². The van der Waals surface area contributed by atoms with Gasteiger partial charge < -0.3 is 0 Å². The maximum atomic E-state index is 12.4. The lowest BCUT2D eigenvalue weighted by atomic mass is 10.1. The van der Waals surface area contributed by atoms with E-state index in [1.54, 1.807) is 0 Å². The Morgan fingerprint density at radius 2 is 1.73 bits per heavy atom. The molecule has 0 aliphatic rings. The van der Waals surface area contributed by atoms with E-state index in [1.807, 2.05) is 0 Å². The molecule has 1 heterocycles. The molecule has 1 aromatic heterocycles. The molecule has 0 spiro atoms. The van der Waals surface area contributed by atoms with Gasteiger partial charge in [0.25, 0.3) is 0 Å². The Hall–Kier alpha value is -0.800. The van der Waals surface area contributed by atoms with Gasteiger partial charge in [-0.25, -0.2) is 13.1 Å². The first kappa shape index (κ1) is 17.6. The zero-order valence-corrected chi connectivity index (χ0v) is 13.8. The van der Waals surface area contributed by atoms with Gasteiger partial charge in [0, 0.05) is 6.54 Å². The SMILES string of the molecule is O=S(=O)(NCc1ccc(C(F)(F)F)cc1)c1cc(Cl)sc1Cl. The van der Waals surface area contributed by atoms with Crippen molar-refractivity contribution >= 4 is 44.6 Å². The van der Waals surface area contributed by atoms with Crippen LogP contribution in [0.15, 0.2) is 35.2 Å². The quantitative estimate of drug-likeness (QED) is 0.833. The predicted octanol–water partition coefficient (Wildman–Crippen LogP) is 4.55. The lowest BCUT2D eigenvalue weighted by Crippen LogP contribution is -2.23. The molecule has 2 aromatic rings. The molecule has 0 radical (unpaired) electrons. The van der Waals surface area contributed by atoms with Crippen molar-refractivity contribution in [2.75, 3.05) is 0 Å². The predicted molar refractivity (Wildman–Crippen MR) is 79.8 cm³/mol. The number of sulfonamides is 1. The lowest BCUT2D eigenvalue weighted by Gasteiger charge is -2.09. The Morgan fingerprint density at radius 1 is 1.14 bits per heavy atom. The Labute approximate surface area is 138 Å². The van der Waals surface area contributed by atoms with E-state index >= 15 is 0 Å². The van der Waals surface area contributed by atoms with Crippen LogP contribution in [0.2, 0.25) is 8.67 Å². The van der Waals surface area contributed by atoms with Crippen LogP contribution >= 0.6 is 34.5 Å². The van der Waals surface area contributed by atoms with Crippen molar-refractivity contribution < 1.29 is 21.6 Å². The van der Waals surface area contributed by atoms with Crippen molar-refractivity contribution in [3.8, 4) is 0 Å². The molecule has 0 saturated heterocycles.